The van der Waals surface area contributed by atoms with E-state index in [0.29, 0.717) is 5.75 Å². The quantitative estimate of drug-likeness (QED) is 0.839. The van der Waals surface area contributed by atoms with E-state index in [1.165, 1.54) is 7.11 Å². The second-order valence-corrected chi connectivity index (χ2v) is 5.86. The third kappa shape index (κ3) is 3.60. The van der Waals surface area contributed by atoms with Crippen LogP contribution in [0.1, 0.15) is 6.92 Å². The molecule has 0 saturated heterocycles. The minimum absolute atomic E-state index is 0. The molecule has 5 nitrogen and oxygen atoms in total. The Morgan fingerprint density at radius 2 is 2.25 bits per heavy atom. The van der Waals surface area contributed by atoms with Crippen molar-refractivity contribution in [1.82, 2.24) is 4.72 Å². The molecule has 1 heterocycles. The summed E-state index contributed by atoms with van der Waals surface area (Å²) in [4.78, 5) is 0. The van der Waals surface area contributed by atoms with Crippen LogP contribution in [0.25, 0.3) is 0 Å². The van der Waals surface area contributed by atoms with Crippen molar-refractivity contribution in [3.8, 4) is 5.75 Å². The van der Waals surface area contributed by atoms with Crippen molar-refractivity contribution in [3.05, 3.63) is 11.4 Å². The molecule has 1 aromatic heterocycles. The van der Waals surface area contributed by atoms with Crippen molar-refractivity contribution in [3.63, 3.8) is 0 Å². The summed E-state index contributed by atoms with van der Waals surface area (Å²) in [5.74, 6) is 0.358. The van der Waals surface area contributed by atoms with Gasteiger partial charge in [0.05, 0.1) is 7.11 Å². The van der Waals surface area contributed by atoms with Gasteiger partial charge in [0.2, 0.25) is 0 Å². The lowest BCUT2D eigenvalue weighted by molar-refractivity contribution is 0.406. The molecule has 3 N–H and O–H groups in total. The summed E-state index contributed by atoms with van der Waals surface area (Å²) in [6.07, 6.45) is 0. The molecule has 0 unspecified atom stereocenters. The SMILES string of the molecule is COc1ccsc1S(=O)(=O)N[C@@H](C)CN.Cl. The van der Waals surface area contributed by atoms with Crippen LogP contribution < -0.4 is 15.2 Å². The molecule has 1 rings (SSSR count). The Morgan fingerprint density at radius 1 is 1.62 bits per heavy atom. The second kappa shape index (κ2) is 6.41. The molecule has 0 saturated carbocycles. The summed E-state index contributed by atoms with van der Waals surface area (Å²) in [7, 11) is -2.07. The van der Waals surface area contributed by atoms with Gasteiger partial charge in [-0.15, -0.1) is 23.7 Å². The summed E-state index contributed by atoms with van der Waals surface area (Å²) in [6, 6.07) is 1.33. The van der Waals surface area contributed by atoms with E-state index < -0.39 is 10.0 Å². The number of rotatable bonds is 5. The van der Waals surface area contributed by atoms with Crippen molar-refractivity contribution in [1.29, 1.82) is 0 Å². The molecule has 0 aliphatic rings. The second-order valence-electron chi connectivity index (χ2n) is 3.03. The van der Waals surface area contributed by atoms with Crippen molar-refractivity contribution in [2.75, 3.05) is 13.7 Å². The molecule has 0 spiro atoms. The first kappa shape index (κ1) is 15.7. The van der Waals surface area contributed by atoms with Gasteiger partial charge < -0.3 is 10.5 Å². The van der Waals surface area contributed by atoms with Crippen LogP contribution in [0.4, 0.5) is 0 Å². The largest absolute Gasteiger partial charge is 0.494 e. The predicted octanol–water partition coefficient (Wildman–Crippen LogP) is 0.804. The molecule has 0 aliphatic carbocycles. The number of nitrogens with one attached hydrogen (secondary N) is 1. The Kier molecular flexibility index (Phi) is 6.27. The standard InChI is InChI=1S/C8H14N2O3S2.ClH/c1-6(5-9)10-15(11,12)8-7(13-2)3-4-14-8;/h3-4,6,10H,5,9H2,1-2H3;1H/t6-;/m0./s1. The number of ether oxygens (including phenoxy) is 1. The molecule has 0 fully saturated rings. The molecule has 16 heavy (non-hydrogen) atoms. The number of sulfonamides is 1. The zero-order chi connectivity index (χ0) is 11.5. The van der Waals surface area contributed by atoms with Gasteiger partial charge in [-0.1, -0.05) is 0 Å². The number of hydrogen-bond acceptors (Lipinski definition) is 5. The van der Waals surface area contributed by atoms with Crippen molar-refractivity contribution in [2.24, 2.45) is 5.73 Å². The highest BCUT2D eigenvalue weighted by Crippen LogP contribution is 2.29. The highest BCUT2D eigenvalue weighted by molar-refractivity contribution is 7.91. The fourth-order valence-electron chi connectivity index (χ4n) is 0.997. The van der Waals surface area contributed by atoms with Gasteiger partial charge in [-0.2, -0.15) is 0 Å². The smallest absolute Gasteiger partial charge is 0.254 e. The maximum atomic E-state index is 11.8. The van der Waals surface area contributed by atoms with Crippen LogP contribution in [-0.4, -0.2) is 28.1 Å². The molecule has 94 valence electrons. The molecular weight excluding hydrogens is 272 g/mol. The van der Waals surface area contributed by atoms with E-state index in [9.17, 15) is 8.42 Å². The highest BCUT2D eigenvalue weighted by Gasteiger charge is 2.22. The number of methoxy groups -OCH3 is 1. The topological polar surface area (TPSA) is 81.4 Å². The van der Waals surface area contributed by atoms with E-state index in [1.54, 1.807) is 18.4 Å². The summed E-state index contributed by atoms with van der Waals surface area (Å²) in [5.41, 5.74) is 5.35. The van der Waals surface area contributed by atoms with Gasteiger partial charge in [0.1, 0.15) is 5.75 Å². The fraction of sp³-hybridized carbons (Fsp3) is 0.500. The van der Waals surface area contributed by atoms with Crippen LogP contribution in [0.2, 0.25) is 0 Å². The lowest BCUT2D eigenvalue weighted by Gasteiger charge is -2.11. The molecule has 1 aromatic rings. The normalized spacial score (nSPS) is 12.9. The first-order valence-electron chi connectivity index (χ1n) is 4.35. The van der Waals surface area contributed by atoms with E-state index in [4.69, 9.17) is 10.5 Å². The molecule has 0 aliphatic heterocycles. The Balaban J connectivity index is 0.00000225. The Morgan fingerprint density at radius 3 is 2.75 bits per heavy atom. The first-order chi connectivity index (χ1) is 7.01. The predicted molar refractivity (Wildman–Crippen MR) is 67.0 cm³/mol. The zero-order valence-electron chi connectivity index (χ0n) is 8.97. The number of thiophene rings is 1. The first-order valence-corrected chi connectivity index (χ1v) is 6.71. The Labute approximate surface area is 105 Å². The molecule has 0 amide bonds. The van der Waals surface area contributed by atoms with Gasteiger partial charge in [0.25, 0.3) is 10.0 Å². The van der Waals surface area contributed by atoms with Crippen LogP contribution in [0, 0.1) is 0 Å². The van der Waals surface area contributed by atoms with Crippen molar-refractivity contribution < 1.29 is 13.2 Å². The van der Waals surface area contributed by atoms with Gasteiger partial charge in [-0.05, 0) is 18.4 Å². The molecular formula is C8H15ClN2O3S2. The summed E-state index contributed by atoms with van der Waals surface area (Å²) in [5, 5.41) is 1.67. The third-order valence-electron chi connectivity index (χ3n) is 1.77. The minimum Gasteiger partial charge on any atom is -0.494 e. The molecule has 1 atom stereocenters. The van der Waals surface area contributed by atoms with Gasteiger partial charge in [-0.25, -0.2) is 13.1 Å². The van der Waals surface area contributed by atoms with Gasteiger partial charge in [0, 0.05) is 12.6 Å². The number of hydrogen-bond donors (Lipinski definition) is 2. The lowest BCUT2D eigenvalue weighted by atomic mass is 10.4. The lowest BCUT2D eigenvalue weighted by Crippen LogP contribution is -2.37. The van der Waals surface area contributed by atoms with Crippen LogP contribution in [0.5, 0.6) is 5.75 Å². The van der Waals surface area contributed by atoms with Gasteiger partial charge >= 0.3 is 0 Å². The molecule has 0 radical (unpaired) electrons. The third-order valence-corrected chi connectivity index (χ3v) is 4.81. The minimum atomic E-state index is -3.51. The summed E-state index contributed by atoms with van der Waals surface area (Å²) >= 11 is 1.12. The average molecular weight is 287 g/mol. The van der Waals surface area contributed by atoms with Crippen molar-refractivity contribution in [2.45, 2.75) is 17.2 Å². The van der Waals surface area contributed by atoms with Crippen LogP contribution in [0.3, 0.4) is 0 Å². The number of nitrogens with two attached hydrogens (primary N) is 1. The Hall–Kier alpha value is -0.340. The molecule has 0 aromatic carbocycles. The Bertz CT molecular complexity index is 419. The monoisotopic (exact) mass is 286 g/mol. The fourth-order valence-corrected chi connectivity index (χ4v) is 3.55. The van der Waals surface area contributed by atoms with Crippen LogP contribution in [-0.2, 0) is 10.0 Å². The van der Waals surface area contributed by atoms with E-state index in [2.05, 4.69) is 4.72 Å². The van der Waals surface area contributed by atoms with Crippen molar-refractivity contribution >= 4 is 33.8 Å². The van der Waals surface area contributed by atoms with Gasteiger partial charge in [0.15, 0.2) is 4.21 Å². The molecule has 0 bridgehead atoms. The van der Waals surface area contributed by atoms with Crippen LogP contribution in [0.15, 0.2) is 15.7 Å². The van der Waals surface area contributed by atoms with E-state index in [1.807, 2.05) is 0 Å². The zero-order valence-corrected chi connectivity index (χ0v) is 11.4. The van der Waals surface area contributed by atoms with E-state index in [0.717, 1.165) is 11.3 Å². The van der Waals surface area contributed by atoms with Crippen LogP contribution >= 0.6 is 23.7 Å². The molecule has 8 heteroatoms. The number of halogens is 1. The maximum absolute atomic E-state index is 11.8. The van der Waals surface area contributed by atoms with Gasteiger partial charge in [-0.3, -0.25) is 0 Å². The van der Waals surface area contributed by atoms with E-state index in [-0.39, 0.29) is 29.2 Å². The maximum Gasteiger partial charge on any atom is 0.254 e. The highest BCUT2D eigenvalue weighted by atomic mass is 35.5. The van der Waals surface area contributed by atoms with E-state index >= 15 is 0 Å². The summed E-state index contributed by atoms with van der Waals surface area (Å²) in [6.45, 7) is 1.96. The average Bonchev–Trinajstić information content (AvgIpc) is 2.65. The summed E-state index contributed by atoms with van der Waals surface area (Å²) < 4.78 is 31.2.